The Hall–Kier alpha value is -1.75. The van der Waals surface area contributed by atoms with E-state index in [2.05, 4.69) is 4.90 Å². The highest BCUT2D eigenvalue weighted by atomic mass is 35.5. The van der Waals surface area contributed by atoms with E-state index in [-0.39, 0.29) is 11.9 Å². The molecule has 2 aromatic rings. The summed E-state index contributed by atoms with van der Waals surface area (Å²) in [7, 11) is 1.87. The second-order valence-corrected chi connectivity index (χ2v) is 7.93. The smallest absolute Gasteiger partial charge is 0.227 e. The van der Waals surface area contributed by atoms with Crippen LogP contribution in [0.4, 0.5) is 5.69 Å². The van der Waals surface area contributed by atoms with Gasteiger partial charge in [-0.15, -0.1) is 0 Å². The van der Waals surface area contributed by atoms with Gasteiger partial charge in [0.1, 0.15) is 0 Å². The molecule has 1 heterocycles. The van der Waals surface area contributed by atoms with E-state index in [0.717, 1.165) is 36.4 Å². The third-order valence-corrected chi connectivity index (χ3v) is 5.89. The molecule has 0 aliphatic carbocycles. The van der Waals surface area contributed by atoms with Crippen molar-refractivity contribution in [3.8, 4) is 0 Å². The molecule has 0 radical (unpaired) electrons. The number of nitrogens with two attached hydrogens (primary N) is 1. The maximum Gasteiger partial charge on any atom is 0.227 e. The third-order valence-electron chi connectivity index (χ3n) is 5.15. The monoisotopic (exact) mass is 405 g/mol. The van der Waals surface area contributed by atoms with Crippen molar-refractivity contribution >= 4 is 34.8 Å². The topological polar surface area (TPSA) is 49.6 Å². The Morgan fingerprint density at radius 3 is 2.41 bits per heavy atom. The predicted octanol–water partition coefficient (Wildman–Crippen LogP) is 4.41. The second kappa shape index (κ2) is 8.96. The highest BCUT2D eigenvalue weighted by Crippen LogP contribution is 2.26. The highest BCUT2D eigenvalue weighted by Gasteiger charge is 2.25. The van der Waals surface area contributed by atoms with Crippen LogP contribution in [0.2, 0.25) is 10.0 Å². The zero-order chi connectivity index (χ0) is 19.4. The van der Waals surface area contributed by atoms with Gasteiger partial charge in [0.05, 0.1) is 22.5 Å². The molecule has 2 N–H and O–H groups in total. The lowest BCUT2D eigenvalue weighted by Gasteiger charge is -2.32. The fourth-order valence-corrected chi connectivity index (χ4v) is 3.82. The summed E-state index contributed by atoms with van der Waals surface area (Å²) in [6.45, 7) is 2.99. The summed E-state index contributed by atoms with van der Waals surface area (Å²) in [5.74, 6) is 0.0504. The minimum atomic E-state index is -0.0148. The molecule has 1 saturated heterocycles. The van der Waals surface area contributed by atoms with Gasteiger partial charge in [-0.1, -0.05) is 41.4 Å². The van der Waals surface area contributed by atoms with Crippen LogP contribution in [0, 0.1) is 0 Å². The van der Waals surface area contributed by atoms with E-state index in [4.69, 9.17) is 28.9 Å². The van der Waals surface area contributed by atoms with Gasteiger partial charge in [-0.25, -0.2) is 0 Å². The summed E-state index contributed by atoms with van der Waals surface area (Å²) in [5.41, 5.74) is 8.52. The normalized spacial score (nSPS) is 15.7. The number of nitrogens with zero attached hydrogens (tertiary/aromatic N) is 2. The number of likely N-dealkylation sites (N-methyl/N-ethyl adjacent to an activating group) is 1. The number of nitrogen functional groups attached to an aromatic ring is 1. The fourth-order valence-electron chi connectivity index (χ4n) is 3.50. The van der Waals surface area contributed by atoms with Gasteiger partial charge >= 0.3 is 0 Å². The molecule has 1 fully saturated rings. The van der Waals surface area contributed by atoms with Crippen molar-refractivity contribution in [2.75, 3.05) is 32.4 Å². The van der Waals surface area contributed by atoms with Crippen LogP contribution in [0.15, 0.2) is 42.5 Å². The number of carbonyl (C=O) groups excluding carboxylic acids is 1. The van der Waals surface area contributed by atoms with Crippen molar-refractivity contribution in [1.82, 2.24) is 9.80 Å². The maximum absolute atomic E-state index is 13.0. The van der Waals surface area contributed by atoms with E-state index in [1.807, 2.05) is 42.3 Å². The molecule has 1 aliphatic heterocycles. The average molecular weight is 406 g/mol. The van der Waals surface area contributed by atoms with E-state index >= 15 is 0 Å². The van der Waals surface area contributed by atoms with Gasteiger partial charge in [-0.3, -0.25) is 4.79 Å². The summed E-state index contributed by atoms with van der Waals surface area (Å²) in [6.07, 6.45) is 2.73. The number of benzene rings is 2. The van der Waals surface area contributed by atoms with Crippen molar-refractivity contribution in [3.05, 3.63) is 63.6 Å². The van der Waals surface area contributed by atoms with Crippen LogP contribution < -0.4 is 5.73 Å². The van der Waals surface area contributed by atoms with E-state index in [1.54, 1.807) is 12.1 Å². The zero-order valence-electron chi connectivity index (χ0n) is 15.5. The molecule has 0 saturated carbocycles. The first-order valence-corrected chi connectivity index (χ1v) is 9.97. The minimum absolute atomic E-state index is 0.0148. The lowest BCUT2D eigenvalue weighted by molar-refractivity contribution is -0.131. The summed E-state index contributed by atoms with van der Waals surface area (Å²) in [5, 5.41) is 0.965. The van der Waals surface area contributed by atoms with Gasteiger partial charge in [-0.2, -0.15) is 0 Å². The first-order chi connectivity index (χ1) is 12.9. The van der Waals surface area contributed by atoms with Crippen LogP contribution in [-0.4, -0.2) is 42.4 Å². The zero-order valence-corrected chi connectivity index (χ0v) is 17.0. The molecule has 6 heteroatoms. The first kappa shape index (κ1) is 20.0. The largest absolute Gasteiger partial charge is 0.399 e. The molecule has 1 atom stereocenters. The quantitative estimate of drug-likeness (QED) is 0.723. The minimum Gasteiger partial charge on any atom is -0.399 e. The molecule has 0 unspecified atom stereocenters. The lowest BCUT2D eigenvalue weighted by atomic mass is 10.0. The van der Waals surface area contributed by atoms with Crippen LogP contribution in [0.5, 0.6) is 0 Å². The van der Waals surface area contributed by atoms with Crippen LogP contribution in [0.3, 0.4) is 0 Å². The number of carbonyl (C=O) groups is 1. The number of likely N-dealkylation sites (tertiary alicyclic amines) is 1. The van der Waals surface area contributed by atoms with Crippen molar-refractivity contribution in [2.24, 2.45) is 0 Å². The van der Waals surface area contributed by atoms with E-state index in [0.29, 0.717) is 16.5 Å². The lowest BCUT2D eigenvalue weighted by Crippen LogP contribution is -2.39. The number of anilines is 1. The van der Waals surface area contributed by atoms with Crippen LogP contribution >= 0.6 is 23.2 Å². The van der Waals surface area contributed by atoms with Gasteiger partial charge in [0, 0.05) is 19.3 Å². The maximum atomic E-state index is 13.0. The van der Waals surface area contributed by atoms with Gasteiger partial charge in [0.25, 0.3) is 0 Å². The Bertz CT molecular complexity index is 789. The summed E-state index contributed by atoms with van der Waals surface area (Å²) >= 11 is 12.1. The van der Waals surface area contributed by atoms with Crippen molar-refractivity contribution in [1.29, 1.82) is 0 Å². The molecule has 0 spiro atoms. The molecule has 27 heavy (non-hydrogen) atoms. The molecular weight excluding hydrogens is 381 g/mol. The fraction of sp³-hybridized carbons (Fsp3) is 0.381. The van der Waals surface area contributed by atoms with E-state index in [1.165, 1.54) is 12.8 Å². The third kappa shape index (κ3) is 5.16. The van der Waals surface area contributed by atoms with Crippen LogP contribution in [0.25, 0.3) is 0 Å². The van der Waals surface area contributed by atoms with E-state index in [9.17, 15) is 4.79 Å². The van der Waals surface area contributed by atoms with Gasteiger partial charge in [-0.05, 0) is 61.3 Å². The number of hydrogen-bond acceptors (Lipinski definition) is 3. The molecule has 0 bridgehead atoms. The predicted molar refractivity (Wildman–Crippen MR) is 112 cm³/mol. The summed E-state index contributed by atoms with van der Waals surface area (Å²) < 4.78 is 0. The molecule has 4 nitrogen and oxygen atoms in total. The van der Waals surface area contributed by atoms with Gasteiger partial charge < -0.3 is 15.5 Å². The summed E-state index contributed by atoms with van der Waals surface area (Å²) in [4.78, 5) is 17.2. The Morgan fingerprint density at radius 2 is 1.78 bits per heavy atom. The average Bonchev–Trinajstić information content (AvgIpc) is 3.16. The molecular formula is C21H25Cl2N3O. The number of halogens is 2. The van der Waals surface area contributed by atoms with Crippen molar-refractivity contribution in [3.63, 3.8) is 0 Å². The van der Waals surface area contributed by atoms with Crippen LogP contribution in [-0.2, 0) is 11.2 Å². The van der Waals surface area contributed by atoms with Crippen molar-refractivity contribution in [2.45, 2.75) is 25.3 Å². The highest BCUT2D eigenvalue weighted by molar-refractivity contribution is 6.42. The van der Waals surface area contributed by atoms with Crippen LogP contribution in [0.1, 0.15) is 30.0 Å². The number of amides is 1. The molecule has 1 amide bonds. The Kier molecular flexibility index (Phi) is 6.64. The Labute approximate surface area is 170 Å². The second-order valence-electron chi connectivity index (χ2n) is 7.12. The molecule has 3 rings (SSSR count). The Balaban J connectivity index is 1.77. The van der Waals surface area contributed by atoms with E-state index < -0.39 is 0 Å². The number of hydrogen-bond donors (Lipinski definition) is 1. The Morgan fingerprint density at radius 1 is 1.11 bits per heavy atom. The molecule has 2 aromatic carbocycles. The van der Waals surface area contributed by atoms with Gasteiger partial charge in [0.2, 0.25) is 5.91 Å². The standard InChI is InChI=1S/C21H25Cl2N3O/c1-25(21(27)13-15-4-9-18(22)19(23)12-15)20(14-26-10-2-3-11-26)16-5-7-17(24)8-6-16/h4-9,12,20H,2-3,10-11,13-14,24H2,1H3/t20-/m0/s1. The first-order valence-electron chi connectivity index (χ1n) is 9.21. The van der Waals surface area contributed by atoms with Crippen molar-refractivity contribution < 1.29 is 4.79 Å². The molecule has 144 valence electrons. The number of rotatable bonds is 6. The SMILES string of the molecule is CN(C(=O)Cc1ccc(Cl)c(Cl)c1)[C@@H](CN1CCCC1)c1ccc(N)cc1. The summed E-state index contributed by atoms with van der Waals surface area (Å²) in [6, 6.07) is 13.1. The molecule has 1 aliphatic rings. The molecule has 0 aromatic heterocycles. The van der Waals surface area contributed by atoms with Gasteiger partial charge in [0.15, 0.2) is 0 Å².